The molecule has 1 fully saturated rings. The van der Waals surface area contributed by atoms with Crippen LogP contribution in [0.25, 0.3) is 0 Å². The highest BCUT2D eigenvalue weighted by Gasteiger charge is 2.30. The van der Waals surface area contributed by atoms with Gasteiger partial charge in [0.25, 0.3) is 0 Å². The molecule has 1 aliphatic rings. The number of alkyl halides is 1. The van der Waals surface area contributed by atoms with Crippen LogP contribution < -0.4 is 0 Å². The minimum absolute atomic E-state index is 0.265. The van der Waals surface area contributed by atoms with Crippen LogP contribution in [0.2, 0.25) is 0 Å². The van der Waals surface area contributed by atoms with Crippen molar-refractivity contribution in [2.24, 2.45) is 0 Å². The van der Waals surface area contributed by atoms with E-state index >= 15 is 0 Å². The zero-order chi connectivity index (χ0) is 10.7. The summed E-state index contributed by atoms with van der Waals surface area (Å²) >= 11 is 5.62. The second-order valence-corrected chi connectivity index (χ2v) is 4.58. The van der Waals surface area contributed by atoms with Crippen LogP contribution in [0.3, 0.4) is 0 Å². The zero-order valence-corrected chi connectivity index (χ0v) is 9.75. The molecule has 0 aromatic rings. The van der Waals surface area contributed by atoms with Gasteiger partial charge in [0.05, 0.1) is 0 Å². The molecule has 3 atom stereocenters. The lowest BCUT2D eigenvalue weighted by molar-refractivity contribution is 0.0508. The number of rotatable bonds is 1. The van der Waals surface area contributed by atoms with Gasteiger partial charge >= 0.3 is 6.09 Å². The van der Waals surface area contributed by atoms with E-state index in [2.05, 4.69) is 13.8 Å². The maximum atomic E-state index is 11.6. The molecule has 0 aromatic carbocycles. The van der Waals surface area contributed by atoms with Gasteiger partial charge in [-0.25, -0.2) is 4.79 Å². The molecule has 82 valence electrons. The SMILES string of the molecule is CC(Cl)OC(=O)N1[C@H](C)CCC[C@@H]1C. The third-order valence-corrected chi connectivity index (χ3v) is 2.76. The number of nitrogens with zero attached hydrogens (tertiary/aromatic N) is 1. The predicted molar refractivity (Wildman–Crippen MR) is 56.4 cm³/mol. The van der Waals surface area contributed by atoms with E-state index in [9.17, 15) is 4.79 Å². The molecule has 1 aliphatic heterocycles. The van der Waals surface area contributed by atoms with E-state index < -0.39 is 5.56 Å². The highest BCUT2D eigenvalue weighted by molar-refractivity contribution is 6.19. The molecule has 1 amide bonds. The van der Waals surface area contributed by atoms with Crippen LogP contribution >= 0.6 is 11.6 Å². The lowest BCUT2D eigenvalue weighted by Crippen LogP contribution is -2.48. The minimum atomic E-state index is -0.552. The Morgan fingerprint density at radius 1 is 1.43 bits per heavy atom. The first-order valence-electron chi connectivity index (χ1n) is 5.15. The Hall–Kier alpha value is -0.440. The third-order valence-electron chi connectivity index (χ3n) is 2.67. The number of ether oxygens (including phenoxy) is 1. The summed E-state index contributed by atoms with van der Waals surface area (Å²) in [6.45, 7) is 5.75. The Morgan fingerprint density at radius 3 is 2.36 bits per heavy atom. The van der Waals surface area contributed by atoms with Crippen LogP contribution in [0, 0.1) is 0 Å². The van der Waals surface area contributed by atoms with Crippen LogP contribution in [0.4, 0.5) is 4.79 Å². The van der Waals surface area contributed by atoms with Crippen molar-refractivity contribution in [1.29, 1.82) is 0 Å². The summed E-state index contributed by atoms with van der Waals surface area (Å²) in [5.74, 6) is 0. The van der Waals surface area contributed by atoms with Crippen molar-refractivity contribution in [1.82, 2.24) is 4.90 Å². The molecular weight excluding hydrogens is 202 g/mol. The molecular formula is C10H18ClNO2. The van der Waals surface area contributed by atoms with E-state index in [1.54, 1.807) is 11.8 Å². The lowest BCUT2D eigenvalue weighted by atomic mass is 9.98. The molecule has 0 saturated carbocycles. The summed E-state index contributed by atoms with van der Waals surface area (Å²) in [5, 5.41) is 0. The van der Waals surface area contributed by atoms with Crippen LogP contribution in [0.15, 0.2) is 0 Å². The second-order valence-electron chi connectivity index (χ2n) is 3.96. The number of likely N-dealkylation sites (tertiary alicyclic amines) is 1. The summed E-state index contributed by atoms with van der Waals surface area (Å²) in [6.07, 6.45) is 3.00. The van der Waals surface area contributed by atoms with Crippen molar-refractivity contribution >= 4 is 17.7 Å². The van der Waals surface area contributed by atoms with Gasteiger partial charge in [-0.05, 0) is 40.0 Å². The summed E-state index contributed by atoms with van der Waals surface area (Å²) in [5.41, 5.74) is -0.552. The zero-order valence-electron chi connectivity index (χ0n) is 9.00. The van der Waals surface area contributed by atoms with Gasteiger partial charge in [0.1, 0.15) is 0 Å². The molecule has 4 heteroatoms. The summed E-state index contributed by atoms with van der Waals surface area (Å²) in [7, 11) is 0. The molecule has 0 spiro atoms. The van der Waals surface area contributed by atoms with Crippen molar-refractivity contribution in [3.8, 4) is 0 Å². The first-order valence-corrected chi connectivity index (χ1v) is 5.59. The van der Waals surface area contributed by atoms with Gasteiger partial charge in [0.15, 0.2) is 5.56 Å². The van der Waals surface area contributed by atoms with E-state index in [4.69, 9.17) is 16.3 Å². The maximum Gasteiger partial charge on any atom is 0.411 e. The topological polar surface area (TPSA) is 29.5 Å². The van der Waals surface area contributed by atoms with Gasteiger partial charge < -0.3 is 9.64 Å². The quantitative estimate of drug-likeness (QED) is 0.635. The summed E-state index contributed by atoms with van der Waals surface area (Å²) in [4.78, 5) is 13.4. The fourth-order valence-electron chi connectivity index (χ4n) is 1.98. The Bertz CT molecular complexity index is 198. The third kappa shape index (κ3) is 2.77. The smallest absolute Gasteiger partial charge is 0.411 e. The monoisotopic (exact) mass is 219 g/mol. The largest absolute Gasteiger partial charge is 0.430 e. The Morgan fingerprint density at radius 2 is 1.93 bits per heavy atom. The minimum Gasteiger partial charge on any atom is -0.430 e. The number of carbonyl (C=O) groups excluding carboxylic acids is 1. The highest BCUT2D eigenvalue weighted by Crippen LogP contribution is 2.23. The molecule has 3 nitrogen and oxygen atoms in total. The fourth-order valence-corrected chi connectivity index (χ4v) is 2.06. The normalized spacial score (nSPS) is 29.9. The van der Waals surface area contributed by atoms with E-state index in [-0.39, 0.29) is 18.2 Å². The van der Waals surface area contributed by atoms with Crippen LogP contribution in [-0.2, 0) is 4.74 Å². The molecule has 1 unspecified atom stereocenters. The van der Waals surface area contributed by atoms with Crippen molar-refractivity contribution in [2.45, 2.75) is 57.7 Å². The highest BCUT2D eigenvalue weighted by atomic mass is 35.5. The van der Waals surface area contributed by atoms with Crippen LogP contribution in [0.1, 0.15) is 40.0 Å². The second kappa shape index (κ2) is 4.87. The van der Waals surface area contributed by atoms with Crippen molar-refractivity contribution in [3.63, 3.8) is 0 Å². The van der Waals surface area contributed by atoms with Crippen LogP contribution in [0.5, 0.6) is 0 Å². The van der Waals surface area contributed by atoms with Crippen molar-refractivity contribution in [2.75, 3.05) is 0 Å². The molecule has 0 aromatic heterocycles. The first-order chi connectivity index (χ1) is 6.52. The van der Waals surface area contributed by atoms with E-state index in [0.29, 0.717) is 0 Å². The van der Waals surface area contributed by atoms with Crippen LogP contribution in [-0.4, -0.2) is 28.6 Å². The lowest BCUT2D eigenvalue weighted by Gasteiger charge is -2.38. The van der Waals surface area contributed by atoms with Gasteiger partial charge in [-0.1, -0.05) is 11.6 Å². The Labute approximate surface area is 90.4 Å². The molecule has 1 saturated heterocycles. The molecule has 0 radical (unpaired) electrons. The molecule has 0 N–H and O–H groups in total. The molecule has 0 aliphatic carbocycles. The summed E-state index contributed by atoms with van der Waals surface area (Å²) < 4.78 is 4.98. The molecule has 1 heterocycles. The van der Waals surface area contributed by atoms with Crippen molar-refractivity contribution in [3.05, 3.63) is 0 Å². The van der Waals surface area contributed by atoms with Gasteiger partial charge in [-0.3, -0.25) is 0 Å². The van der Waals surface area contributed by atoms with E-state index in [0.717, 1.165) is 12.8 Å². The number of hydrogen-bond acceptors (Lipinski definition) is 2. The number of carbonyl (C=O) groups is 1. The van der Waals surface area contributed by atoms with Gasteiger partial charge in [-0.15, -0.1) is 0 Å². The van der Waals surface area contributed by atoms with Gasteiger partial charge in [0, 0.05) is 12.1 Å². The maximum absolute atomic E-state index is 11.6. The standard InChI is InChI=1S/C10H18ClNO2/c1-7-5-4-6-8(2)12(7)10(13)14-9(3)11/h7-9H,4-6H2,1-3H3/t7-,8+,9?. The van der Waals surface area contributed by atoms with E-state index in [1.807, 2.05) is 0 Å². The predicted octanol–water partition coefficient (Wildman–Crippen LogP) is 2.97. The summed E-state index contributed by atoms with van der Waals surface area (Å²) in [6, 6.07) is 0.531. The van der Waals surface area contributed by atoms with E-state index in [1.165, 1.54) is 6.42 Å². The molecule has 14 heavy (non-hydrogen) atoms. The average molecular weight is 220 g/mol. The van der Waals surface area contributed by atoms with Crippen molar-refractivity contribution < 1.29 is 9.53 Å². The average Bonchev–Trinajstić information content (AvgIpc) is 2.01. The number of halogens is 1. The van der Waals surface area contributed by atoms with Gasteiger partial charge in [0.2, 0.25) is 0 Å². The molecule has 0 bridgehead atoms. The first kappa shape index (κ1) is 11.6. The molecule has 1 rings (SSSR count). The fraction of sp³-hybridized carbons (Fsp3) is 0.900. The van der Waals surface area contributed by atoms with Gasteiger partial charge in [-0.2, -0.15) is 0 Å². The number of piperidine rings is 1. The Balaban J connectivity index is 2.58. The number of amides is 1. The number of hydrogen-bond donors (Lipinski definition) is 0. The Kier molecular flexibility index (Phi) is 4.05.